The lowest BCUT2D eigenvalue weighted by Crippen LogP contribution is -2.44. The number of amides is 1. The number of para-hydroxylation sites is 1. The Balaban J connectivity index is 1.34. The normalized spacial score (nSPS) is 14.9. The van der Waals surface area contributed by atoms with Gasteiger partial charge in [-0.1, -0.05) is 30.3 Å². The van der Waals surface area contributed by atoms with Crippen molar-refractivity contribution in [1.82, 2.24) is 10.2 Å². The molecule has 33 heavy (non-hydrogen) atoms. The maximum atomic E-state index is 12.9. The maximum Gasteiger partial charge on any atom is 0.255 e. The average molecular weight is 449 g/mol. The molecule has 174 valence electrons. The maximum absolute atomic E-state index is 12.9. The highest BCUT2D eigenvalue weighted by Crippen LogP contribution is 2.31. The Morgan fingerprint density at radius 1 is 0.939 bits per heavy atom. The minimum absolute atomic E-state index is 0.120. The van der Waals surface area contributed by atoms with E-state index in [2.05, 4.69) is 46.6 Å². The van der Waals surface area contributed by atoms with Crippen molar-refractivity contribution in [2.75, 3.05) is 34.4 Å². The van der Waals surface area contributed by atoms with E-state index in [9.17, 15) is 4.79 Å². The van der Waals surface area contributed by atoms with E-state index in [1.165, 1.54) is 21.9 Å². The zero-order valence-corrected chi connectivity index (χ0v) is 19.6. The molecule has 1 aliphatic rings. The van der Waals surface area contributed by atoms with E-state index >= 15 is 0 Å². The zero-order chi connectivity index (χ0) is 23.2. The van der Waals surface area contributed by atoms with Gasteiger partial charge in [0.15, 0.2) is 11.5 Å². The van der Waals surface area contributed by atoms with Crippen LogP contribution in [0.3, 0.4) is 0 Å². The number of fused-ring (bicyclic) bond motifs is 1. The third-order valence-electron chi connectivity index (χ3n) is 6.26. The van der Waals surface area contributed by atoms with Crippen LogP contribution in [0.5, 0.6) is 11.5 Å². The number of carbonyl (C=O) groups excluding carboxylic acids is 1. The van der Waals surface area contributed by atoms with E-state index in [1.807, 2.05) is 0 Å². The Hall–Kier alpha value is -3.09. The van der Waals surface area contributed by atoms with Crippen LogP contribution in [0.25, 0.3) is 10.8 Å². The summed E-state index contributed by atoms with van der Waals surface area (Å²) in [5.41, 5.74) is 3.00. The predicted octanol–water partition coefficient (Wildman–Crippen LogP) is 4.40. The lowest BCUT2D eigenvalue weighted by molar-refractivity contribution is 0.0905. The van der Waals surface area contributed by atoms with Gasteiger partial charge in [-0.3, -0.25) is 9.69 Å². The Morgan fingerprint density at radius 2 is 1.67 bits per heavy atom. The summed E-state index contributed by atoms with van der Waals surface area (Å²) in [6.45, 7) is 3.43. The minimum atomic E-state index is -0.120. The molecule has 1 N–H and O–H groups in total. The molecule has 4 rings (SSSR count). The van der Waals surface area contributed by atoms with Gasteiger partial charge in [0.05, 0.1) is 26.4 Å². The highest BCUT2D eigenvalue weighted by atomic mass is 16.5. The minimum Gasteiger partial charge on any atom is -0.493 e. The number of nitrogens with zero attached hydrogens (tertiary/aromatic N) is 1. The Morgan fingerprint density at radius 3 is 2.36 bits per heavy atom. The molecule has 3 aromatic rings. The number of rotatable bonds is 8. The van der Waals surface area contributed by atoms with Gasteiger partial charge in [0.25, 0.3) is 5.91 Å². The first-order valence-corrected chi connectivity index (χ1v) is 11.4. The average Bonchev–Trinajstić information content (AvgIpc) is 2.84. The van der Waals surface area contributed by atoms with Crippen LogP contribution in [0.2, 0.25) is 0 Å². The van der Waals surface area contributed by atoms with E-state index in [0.717, 1.165) is 32.5 Å². The van der Waals surface area contributed by atoms with Crippen LogP contribution >= 0.6 is 0 Å². The van der Waals surface area contributed by atoms with Gasteiger partial charge < -0.3 is 19.5 Å². The lowest BCUT2D eigenvalue weighted by Gasteiger charge is -2.32. The number of benzene rings is 3. The number of hydrogen-bond donors (Lipinski definition) is 1. The molecule has 6 nitrogen and oxygen atoms in total. The standard InChI is InChI=1S/C27H32N2O4/c1-31-18-20-8-10-21-9-7-19(15-22(21)16-20)17-29-13-11-23(12-14-29)28-27(30)24-5-4-6-25(32-2)26(24)33-3/h4-10,15-16,23H,11-14,17-18H2,1-3H3,(H,28,30). The topological polar surface area (TPSA) is 60.0 Å². The Kier molecular flexibility index (Phi) is 7.47. The van der Waals surface area contributed by atoms with Crippen LogP contribution in [0.1, 0.15) is 34.3 Å². The van der Waals surface area contributed by atoms with Gasteiger partial charge in [-0.15, -0.1) is 0 Å². The van der Waals surface area contributed by atoms with Gasteiger partial charge in [-0.25, -0.2) is 0 Å². The van der Waals surface area contributed by atoms with Crippen molar-refractivity contribution in [3.05, 3.63) is 71.3 Å². The van der Waals surface area contributed by atoms with E-state index in [0.29, 0.717) is 23.7 Å². The van der Waals surface area contributed by atoms with Gasteiger partial charge in [0, 0.05) is 32.8 Å². The molecule has 0 unspecified atom stereocenters. The number of piperidine rings is 1. The summed E-state index contributed by atoms with van der Waals surface area (Å²) in [6.07, 6.45) is 1.84. The summed E-state index contributed by atoms with van der Waals surface area (Å²) in [5.74, 6) is 0.912. The summed E-state index contributed by atoms with van der Waals surface area (Å²) in [5, 5.41) is 5.67. The third kappa shape index (κ3) is 5.46. The molecule has 6 heteroatoms. The lowest BCUT2D eigenvalue weighted by atomic mass is 10.0. The highest BCUT2D eigenvalue weighted by Gasteiger charge is 2.23. The largest absolute Gasteiger partial charge is 0.493 e. The van der Waals surface area contributed by atoms with E-state index in [-0.39, 0.29) is 11.9 Å². The van der Waals surface area contributed by atoms with Crippen molar-refractivity contribution in [3.8, 4) is 11.5 Å². The van der Waals surface area contributed by atoms with Crippen LogP contribution in [0.4, 0.5) is 0 Å². The first-order chi connectivity index (χ1) is 16.1. The Labute approximate surface area is 195 Å². The Bertz CT molecular complexity index is 1110. The fraction of sp³-hybridized carbons (Fsp3) is 0.370. The summed E-state index contributed by atoms with van der Waals surface area (Å²) in [4.78, 5) is 15.3. The fourth-order valence-corrected chi connectivity index (χ4v) is 4.52. The van der Waals surface area contributed by atoms with E-state index in [4.69, 9.17) is 14.2 Å². The molecule has 1 aliphatic heterocycles. The van der Waals surface area contributed by atoms with Crippen molar-refractivity contribution in [3.63, 3.8) is 0 Å². The molecular weight excluding hydrogens is 416 g/mol. The highest BCUT2D eigenvalue weighted by molar-refractivity contribution is 5.98. The second kappa shape index (κ2) is 10.7. The molecular formula is C27H32N2O4. The first-order valence-electron chi connectivity index (χ1n) is 11.4. The molecule has 0 aliphatic carbocycles. The molecule has 1 amide bonds. The molecule has 0 saturated carbocycles. The van der Waals surface area contributed by atoms with Crippen LogP contribution in [-0.2, 0) is 17.9 Å². The number of hydrogen-bond acceptors (Lipinski definition) is 5. The van der Waals surface area contributed by atoms with Crippen LogP contribution in [0, 0.1) is 0 Å². The van der Waals surface area contributed by atoms with Gasteiger partial charge in [0.1, 0.15) is 0 Å². The number of carbonyl (C=O) groups is 1. The van der Waals surface area contributed by atoms with Crippen molar-refractivity contribution in [2.24, 2.45) is 0 Å². The SMILES string of the molecule is COCc1ccc2ccc(CN3CCC(NC(=O)c4cccc(OC)c4OC)CC3)cc2c1. The van der Waals surface area contributed by atoms with Crippen molar-refractivity contribution >= 4 is 16.7 Å². The smallest absolute Gasteiger partial charge is 0.255 e. The van der Waals surface area contributed by atoms with Gasteiger partial charge >= 0.3 is 0 Å². The number of ether oxygens (including phenoxy) is 3. The molecule has 1 saturated heterocycles. The number of methoxy groups -OCH3 is 3. The molecule has 0 aromatic heterocycles. The zero-order valence-electron chi connectivity index (χ0n) is 19.6. The van der Waals surface area contributed by atoms with Gasteiger partial charge in [-0.05, 0) is 59.0 Å². The molecule has 0 spiro atoms. The third-order valence-corrected chi connectivity index (χ3v) is 6.26. The molecule has 0 atom stereocenters. The summed E-state index contributed by atoms with van der Waals surface area (Å²) in [6, 6.07) is 18.7. The van der Waals surface area contributed by atoms with Gasteiger partial charge in [0.2, 0.25) is 0 Å². The van der Waals surface area contributed by atoms with E-state index in [1.54, 1.807) is 39.5 Å². The fourth-order valence-electron chi connectivity index (χ4n) is 4.52. The van der Waals surface area contributed by atoms with Crippen molar-refractivity contribution in [2.45, 2.75) is 32.0 Å². The summed E-state index contributed by atoms with van der Waals surface area (Å²) >= 11 is 0. The monoisotopic (exact) mass is 448 g/mol. The van der Waals surface area contributed by atoms with Crippen LogP contribution < -0.4 is 14.8 Å². The number of nitrogens with one attached hydrogen (secondary N) is 1. The molecule has 1 heterocycles. The van der Waals surface area contributed by atoms with Crippen molar-refractivity contribution < 1.29 is 19.0 Å². The van der Waals surface area contributed by atoms with Crippen LogP contribution in [0.15, 0.2) is 54.6 Å². The molecule has 3 aromatic carbocycles. The molecule has 0 bridgehead atoms. The molecule has 1 fully saturated rings. The van der Waals surface area contributed by atoms with Crippen molar-refractivity contribution in [1.29, 1.82) is 0 Å². The van der Waals surface area contributed by atoms with Gasteiger partial charge in [-0.2, -0.15) is 0 Å². The predicted molar refractivity (Wildman–Crippen MR) is 130 cm³/mol. The first kappa shape index (κ1) is 23.1. The summed E-state index contributed by atoms with van der Waals surface area (Å²) in [7, 11) is 4.85. The van der Waals surface area contributed by atoms with E-state index < -0.39 is 0 Å². The van der Waals surface area contributed by atoms with Crippen LogP contribution in [-0.4, -0.2) is 51.3 Å². The second-order valence-electron chi connectivity index (χ2n) is 8.51. The number of likely N-dealkylation sites (tertiary alicyclic amines) is 1. The quantitative estimate of drug-likeness (QED) is 0.554. The molecule has 0 radical (unpaired) electrons. The second-order valence-corrected chi connectivity index (χ2v) is 8.51. The summed E-state index contributed by atoms with van der Waals surface area (Å²) < 4.78 is 16.0.